The Balaban J connectivity index is 1.56. The molecule has 0 spiro atoms. The summed E-state index contributed by atoms with van der Waals surface area (Å²) in [5, 5.41) is 9.81. The molecule has 4 rings (SSSR count). The number of ether oxygens (including phenoxy) is 1. The molecular weight excluding hydrogens is 372 g/mol. The summed E-state index contributed by atoms with van der Waals surface area (Å²) in [7, 11) is 0. The van der Waals surface area contributed by atoms with Gasteiger partial charge in [-0.15, -0.1) is 0 Å². The molecule has 1 amide bonds. The molecule has 1 N–H and O–H groups in total. The van der Waals surface area contributed by atoms with Crippen LogP contribution in [-0.4, -0.2) is 22.2 Å². The van der Waals surface area contributed by atoms with Gasteiger partial charge in [-0.05, 0) is 79.8 Å². The Morgan fingerprint density at radius 3 is 2.04 bits per heavy atom. The number of para-hydroxylation sites is 1. The van der Waals surface area contributed by atoms with Crippen LogP contribution in [0.15, 0.2) is 78.9 Å². The summed E-state index contributed by atoms with van der Waals surface area (Å²) < 4.78 is 5.78. The molecule has 3 aromatic rings. The molecule has 1 aliphatic rings. The molecule has 0 radical (unpaired) electrons. The number of thiocarbonyl (C=S) groups is 1. The van der Waals surface area contributed by atoms with Gasteiger partial charge in [0.15, 0.2) is 5.11 Å². The summed E-state index contributed by atoms with van der Waals surface area (Å²) in [4.78, 5) is 16.2. The first kappa shape index (κ1) is 18.0. The number of carbonyl (C=O) groups excluding carboxylic acids is 1. The Morgan fingerprint density at radius 2 is 1.43 bits per heavy atom. The zero-order valence-corrected chi connectivity index (χ0v) is 16.0. The van der Waals surface area contributed by atoms with Crippen LogP contribution in [0.3, 0.4) is 0 Å². The Kier molecular flexibility index (Phi) is 4.71. The number of carbonyl (C=O) groups is 1. The summed E-state index contributed by atoms with van der Waals surface area (Å²) in [6.07, 6.45) is 0. The highest BCUT2D eigenvalue weighted by atomic mass is 32.1. The van der Waals surface area contributed by atoms with Crippen LogP contribution in [-0.2, 0) is 4.79 Å². The summed E-state index contributed by atoms with van der Waals surface area (Å²) in [6.45, 7) is 1.85. The van der Waals surface area contributed by atoms with Crippen molar-refractivity contribution in [3.8, 4) is 17.2 Å². The largest absolute Gasteiger partial charge is 0.508 e. The van der Waals surface area contributed by atoms with Crippen molar-refractivity contribution in [3.05, 3.63) is 78.9 Å². The fraction of sp³-hybridized carbons (Fsp3) is 0.0909. The van der Waals surface area contributed by atoms with Gasteiger partial charge in [-0.1, -0.05) is 18.2 Å². The maximum Gasteiger partial charge on any atom is 0.256 e. The van der Waals surface area contributed by atoms with Crippen molar-refractivity contribution in [1.29, 1.82) is 0 Å². The molecule has 1 heterocycles. The molecule has 1 aliphatic heterocycles. The average molecular weight is 390 g/mol. The fourth-order valence-corrected chi connectivity index (χ4v) is 3.60. The molecule has 1 saturated heterocycles. The highest BCUT2D eigenvalue weighted by molar-refractivity contribution is 7.81. The third kappa shape index (κ3) is 3.30. The highest BCUT2D eigenvalue weighted by Crippen LogP contribution is 2.32. The predicted octanol–water partition coefficient (Wildman–Crippen LogP) is 4.71. The van der Waals surface area contributed by atoms with Gasteiger partial charge in [0.2, 0.25) is 0 Å². The van der Waals surface area contributed by atoms with Crippen LogP contribution in [0.1, 0.15) is 6.92 Å². The van der Waals surface area contributed by atoms with E-state index in [0.717, 1.165) is 11.4 Å². The third-order valence-corrected chi connectivity index (χ3v) is 4.94. The van der Waals surface area contributed by atoms with Crippen LogP contribution >= 0.6 is 12.2 Å². The molecular formula is C22H18N2O3S. The van der Waals surface area contributed by atoms with Crippen molar-refractivity contribution >= 4 is 34.6 Å². The quantitative estimate of drug-likeness (QED) is 0.654. The third-order valence-electron chi connectivity index (χ3n) is 4.56. The van der Waals surface area contributed by atoms with Gasteiger partial charge in [-0.3, -0.25) is 9.69 Å². The van der Waals surface area contributed by atoms with Gasteiger partial charge < -0.3 is 14.7 Å². The Bertz CT molecular complexity index is 1000. The van der Waals surface area contributed by atoms with Gasteiger partial charge in [0.1, 0.15) is 23.3 Å². The number of aromatic hydroxyl groups is 1. The van der Waals surface area contributed by atoms with Crippen molar-refractivity contribution in [1.82, 2.24) is 0 Å². The number of rotatable bonds is 4. The smallest absolute Gasteiger partial charge is 0.256 e. The van der Waals surface area contributed by atoms with Crippen molar-refractivity contribution < 1.29 is 14.6 Å². The molecule has 5 nitrogen and oxygen atoms in total. The summed E-state index contributed by atoms with van der Waals surface area (Å²) in [5.74, 6) is 1.41. The maximum atomic E-state index is 12.8. The standard InChI is InChI=1S/C22H18N2O3S/c1-15-21(26)24(16-5-3-2-4-6-16)22(28)23(15)17-7-11-19(12-8-17)27-20-13-9-18(25)10-14-20/h2-15,25H,1H3. The van der Waals surface area contributed by atoms with Crippen LogP contribution in [0.2, 0.25) is 0 Å². The van der Waals surface area contributed by atoms with Gasteiger partial charge in [0, 0.05) is 5.69 Å². The molecule has 0 aliphatic carbocycles. The molecule has 0 bridgehead atoms. The van der Waals surface area contributed by atoms with E-state index in [9.17, 15) is 9.90 Å². The van der Waals surface area contributed by atoms with E-state index in [1.54, 1.807) is 29.2 Å². The number of amides is 1. The second-order valence-electron chi connectivity index (χ2n) is 6.43. The lowest BCUT2D eigenvalue weighted by molar-refractivity contribution is -0.117. The lowest BCUT2D eigenvalue weighted by atomic mass is 10.2. The van der Waals surface area contributed by atoms with Crippen LogP contribution < -0.4 is 14.5 Å². The molecule has 0 saturated carbocycles. The monoisotopic (exact) mass is 390 g/mol. The molecule has 140 valence electrons. The number of phenols is 1. The van der Waals surface area contributed by atoms with Crippen molar-refractivity contribution in [2.75, 3.05) is 9.80 Å². The number of nitrogens with zero attached hydrogens (tertiary/aromatic N) is 2. The predicted molar refractivity (Wildman–Crippen MR) is 113 cm³/mol. The van der Waals surface area contributed by atoms with Crippen LogP contribution in [0, 0.1) is 0 Å². The van der Waals surface area contributed by atoms with E-state index in [1.807, 2.05) is 66.4 Å². The molecule has 1 unspecified atom stereocenters. The average Bonchev–Trinajstić information content (AvgIpc) is 2.94. The minimum absolute atomic E-state index is 0.0550. The summed E-state index contributed by atoms with van der Waals surface area (Å²) in [6, 6.07) is 22.9. The summed E-state index contributed by atoms with van der Waals surface area (Å²) in [5.41, 5.74) is 1.58. The Morgan fingerprint density at radius 1 is 0.857 bits per heavy atom. The number of phenolic OH excluding ortho intramolecular Hbond substituents is 1. The fourth-order valence-electron chi connectivity index (χ4n) is 3.14. The normalized spacial score (nSPS) is 16.5. The van der Waals surface area contributed by atoms with E-state index in [-0.39, 0.29) is 11.7 Å². The molecule has 28 heavy (non-hydrogen) atoms. The lowest BCUT2D eigenvalue weighted by Gasteiger charge is -2.22. The van der Waals surface area contributed by atoms with Gasteiger partial charge in [0.25, 0.3) is 5.91 Å². The topological polar surface area (TPSA) is 53.0 Å². The first-order valence-electron chi connectivity index (χ1n) is 8.84. The summed E-state index contributed by atoms with van der Waals surface area (Å²) >= 11 is 5.61. The zero-order chi connectivity index (χ0) is 19.7. The van der Waals surface area contributed by atoms with Crippen LogP contribution in [0.5, 0.6) is 17.2 Å². The van der Waals surface area contributed by atoms with E-state index in [2.05, 4.69) is 0 Å². The van der Waals surface area contributed by atoms with Crippen LogP contribution in [0.25, 0.3) is 0 Å². The maximum absolute atomic E-state index is 12.8. The van der Waals surface area contributed by atoms with E-state index < -0.39 is 6.04 Å². The SMILES string of the molecule is CC1C(=O)N(c2ccccc2)C(=S)N1c1ccc(Oc2ccc(O)cc2)cc1. The van der Waals surface area contributed by atoms with E-state index in [4.69, 9.17) is 17.0 Å². The Hall–Kier alpha value is -3.38. The highest BCUT2D eigenvalue weighted by Gasteiger charge is 2.41. The lowest BCUT2D eigenvalue weighted by Crippen LogP contribution is -2.33. The number of hydrogen-bond donors (Lipinski definition) is 1. The minimum atomic E-state index is -0.392. The number of benzene rings is 3. The number of hydrogen-bond acceptors (Lipinski definition) is 4. The molecule has 1 atom stereocenters. The second kappa shape index (κ2) is 7.32. The first-order chi connectivity index (χ1) is 13.5. The van der Waals surface area contributed by atoms with Crippen molar-refractivity contribution in [3.63, 3.8) is 0 Å². The van der Waals surface area contributed by atoms with E-state index in [1.165, 1.54) is 0 Å². The molecule has 0 aromatic heterocycles. The second-order valence-corrected chi connectivity index (χ2v) is 6.79. The molecule has 1 fully saturated rings. The van der Waals surface area contributed by atoms with Crippen molar-refractivity contribution in [2.24, 2.45) is 0 Å². The molecule has 6 heteroatoms. The Labute approximate surface area is 168 Å². The van der Waals surface area contributed by atoms with Crippen LogP contribution in [0.4, 0.5) is 11.4 Å². The van der Waals surface area contributed by atoms with Gasteiger partial charge >= 0.3 is 0 Å². The van der Waals surface area contributed by atoms with Gasteiger partial charge in [0.05, 0.1) is 5.69 Å². The van der Waals surface area contributed by atoms with Crippen molar-refractivity contribution in [2.45, 2.75) is 13.0 Å². The first-order valence-corrected chi connectivity index (χ1v) is 9.24. The van der Waals surface area contributed by atoms with E-state index in [0.29, 0.717) is 16.6 Å². The van der Waals surface area contributed by atoms with Gasteiger partial charge in [-0.2, -0.15) is 0 Å². The zero-order valence-electron chi connectivity index (χ0n) is 15.1. The number of anilines is 2. The molecule has 3 aromatic carbocycles. The van der Waals surface area contributed by atoms with Gasteiger partial charge in [-0.25, -0.2) is 0 Å². The van der Waals surface area contributed by atoms with E-state index >= 15 is 0 Å². The minimum Gasteiger partial charge on any atom is -0.508 e.